The van der Waals surface area contributed by atoms with E-state index in [1.54, 1.807) is 6.07 Å². The predicted octanol–water partition coefficient (Wildman–Crippen LogP) is 1.25. The summed E-state index contributed by atoms with van der Waals surface area (Å²) in [6.45, 7) is 1.04. The Kier molecular flexibility index (Phi) is 5.86. The highest BCUT2D eigenvalue weighted by Crippen LogP contribution is 2.29. The second-order valence-electron chi connectivity index (χ2n) is 7.94. The average Bonchev–Trinajstić information content (AvgIpc) is 3.43. The topological polar surface area (TPSA) is 154 Å². The molecule has 1 aliphatic carbocycles. The molecule has 0 radical (unpaired) electrons. The van der Waals surface area contributed by atoms with Crippen LogP contribution < -0.4 is 21.3 Å². The molecule has 0 saturated heterocycles. The number of nitrogens with zero attached hydrogens (tertiary/aromatic N) is 6. The third-order valence-corrected chi connectivity index (χ3v) is 5.86. The van der Waals surface area contributed by atoms with E-state index in [0.29, 0.717) is 47.5 Å². The molecule has 0 spiro atoms. The van der Waals surface area contributed by atoms with E-state index < -0.39 is 9.84 Å². The number of sulfone groups is 1. The molecule has 0 unspecified atom stereocenters. The van der Waals surface area contributed by atoms with Gasteiger partial charge in [0.25, 0.3) is 0 Å². The molecule has 1 aromatic carbocycles. The third-order valence-electron chi connectivity index (χ3n) is 5.02. The highest BCUT2D eigenvalue weighted by Gasteiger charge is 2.24. The zero-order valence-corrected chi connectivity index (χ0v) is 18.7. The van der Waals surface area contributed by atoms with Gasteiger partial charge in [0.05, 0.1) is 11.9 Å². The summed E-state index contributed by atoms with van der Waals surface area (Å²) in [6, 6.07) is 7.85. The van der Waals surface area contributed by atoms with Gasteiger partial charge in [-0.1, -0.05) is 0 Å². The fraction of sp³-hybridized carbons (Fsp3) is 0.400. The van der Waals surface area contributed by atoms with Gasteiger partial charge >= 0.3 is 0 Å². The lowest BCUT2D eigenvalue weighted by atomic mass is 10.1. The number of benzene rings is 1. The van der Waals surface area contributed by atoms with E-state index in [0.717, 1.165) is 18.5 Å². The van der Waals surface area contributed by atoms with Crippen LogP contribution in [0.3, 0.4) is 0 Å². The first-order valence-corrected chi connectivity index (χ1v) is 12.2. The normalized spacial score (nSPS) is 13.7. The molecule has 0 amide bonds. The highest BCUT2D eigenvalue weighted by atomic mass is 32.2. The van der Waals surface area contributed by atoms with Gasteiger partial charge in [0, 0.05) is 43.8 Å². The largest absolute Gasteiger partial charge is 0.373 e. The molecular formula is C20H25N9O2S. The van der Waals surface area contributed by atoms with Crippen LogP contribution in [0.2, 0.25) is 0 Å². The van der Waals surface area contributed by atoms with E-state index in [4.69, 9.17) is 5.73 Å². The first kappa shape index (κ1) is 21.8. The van der Waals surface area contributed by atoms with Crippen LogP contribution in [0.15, 0.2) is 24.4 Å². The van der Waals surface area contributed by atoms with Crippen LogP contribution in [-0.4, -0.2) is 60.4 Å². The van der Waals surface area contributed by atoms with Crippen molar-refractivity contribution in [3.8, 4) is 6.07 Å². The van der Waals surface area contributed by atoms with Crippen LogP contribution in [0.25, 0.3) is 5.65 Å². The number of nitrogens with two attached hydrogens (primary N) is 1. The van der Waals surface area contributed by atoms with Crippen LogP contribution in [0.5, 0.6) is 0 Å². The summed E-state index contributed by atoms with van der Waals surface area (Å²) >= 11 is 0. The number of likely N-dealkylation sites (N-methyl/N-ethyl adjacent to an activating group) is 1. The smallest absolute Gasteiger partial charge is 0.247 e. The lowest BCUT2D eigenvalue weighted by Gasteiger charge is -2.22. The molecule has 0 atom stereocenters. The maximum Gasteiger partial charge on any atom is 0.247 e. The van der Waals surface area contributed by atoms with Crippen molar-refractivity contribution in [3.05, 3.63) is 35.7 Å². The summed E-state index contributed by atoms with van der Waals surface area (Å²) in [4.78, 5) is 10.7. The van der Waals surface area contributed by atoms with Crippen LogP contribution in [-0.2, 0) is 15.6 Å². The van der Waals surface area contributed by atoms with Crippen molar-refractivity contribution in [3.63, 3.8) is 0 Å². The zero-order valence-electron chi connectivity index (χ0n) is 17.9. The lowest BCUT2D eigenvalue weighted by Crippen LogP contribution is -2.26. The Hall–Kier alpha value is -3.43. The van der Waals surface area contributed by atoms with E-state index in [2.05, 4.69) is 31.8 Å². The number of hydrogen-bond donors (Lipinski definition) is 3. The van der Waals surface area contributed by atoms with Crippen LogP contribution >= 0.6 is 0 Å². The Morgan fingerprint density at radius 3 is 2.81 bits per heavy atom. The predicted molar refractivity (Wildman–Crippen MR) is 123 cm³/mol. The van der Waals surface area contributed by atoms with Gasteiger partial charge < -0.3 is 21.3 Å². The van der Waals surface area contributed by atoms with Crippen molar-refractivity contribution >= 4 is 38.6 Å². The summed E-state index contributed by atoms with van der Waals surface area (Å²) in [5.41, 5.74) is 8.50. The Morgan fingerprint density at radius 2 is 2.16 bits per heavy atom. The number of hydrogen-bond acceptors (Lipinski definition) is 10. The lowest BCUT2D eigenvalue weighted by molar-refractivity contribution is 0.601. The van der Waals surface area contributed by atoms with Gasteiger partial charge in [-0.2, -0.15) is 14.8 Å². The Balaban J connectivity index is 1.71. The molecule has 1 saturated carbocycles. The first-order chi connectivity index (χ1) is 15.3. The molecule has 0 bridgehead atoms. The maximum atomic E-state index is 12.0. The Bertz CT molecular complexity index is 1290. The molecule has 11 nitrogen and oxygen atoms in total. The average molecular weight is 456 g/mol. The standard InChI is InChI=1S/C20H25N9O2S/c1-28(8-7-21)17-6-5-15(9-13(17)12-32(2,30)31)25-20-26-18(24-14-3-4-14)19-23-11-16(10-22)29(19)27-20/h5-6,9,11,14H,3-4,7-8,12,21H2,1-2H3,(H2,24,25,26,27). The SMILES string of the molecule is CN(CCN)c1ccc(Nc2nc(NC3CC3)c3ncc(C#N)n3n2)cc1CS(C)(=O)=O. The van der Waals surface area contributed by atoms with Crippen molar-refractivity contribution in [2.75, 3.05) is 41.9 Å². The van der Waals surface area contributed by atoms with Crippen molar-refractivity contribution in [2.24, 2.45) is 5.73 Å². The number of rotatable bonds is 9. The maximum absolute atomic E-state index is 12.0. The third kappa shape index (κ3) is 4.90. The molecule has 3 aromatic rings. The summed E-state index contributed by atoms with van der Waals surface area (Å²) < 4.78 is 25.5. The molecule has 1 fully saturated rings. The van der Waals surface area contributed by atoms with E-state index in [1.807, 2.05) is 24.1 Å². The quantitative estimate of drug-likeness (QED) is 0.429. The molecule has 1 aliphatic rings. The molecule has 168 valence electrons. The minimum atomic E-state index is -3.26. The summed E-state index contributed by atoms with van der Waals surface area (Å²) in [6.07, 6.45) is 4.77. The van der Waals surface area contributed by atoms with Crippen molar-refractivity contribution in [2.45, 2.75) is 24.6 Å². The number of imidazole rings is 1. The van der Waals surface area contributed by atoms with Crippen LogP contribution in [0, 0.1) is 11.3 Å². The minimum Gasteiger partial charge on any atom is -0.373 e. The van der Waals surface area contributed by atoms with Crippen LogP contribution in [0.4, 0.5) is 23.1 Å². The molecule has 0 aliphatic heterocycles. The number of nitrogens with one attached hydrogen (secondary N) is 2. The molecule has 2 aromatic heterocycles. The number of nitriles is 1. The molecule has 32 heavy (non-hydrogen) atoms. The molecule has 2 heterocycles. The van der Waals surface area contributed by atoms with E-state index in [9.17, 15) is 13.7 Å². The van der Waals surface area contributed by atoms with Gasteiger partial charge in [0.2, 0.25) is 5.95 Å². The van der Waals surface area contributed by atoms with Gasteiger partial charge in [-0.05, 0) is 36.6 Å². The van der Waals surface area contributed by atoms with Crippen LogP contribution in [0.1, 0.15) is 24.1 Å². The van der Waals surface area contributed by atoms with Gasteiger partial charge in [0.15, 0.2) is 27.0 Å². The summed E-state index contributed by atoms with van der Waals surface area (Å²) in [5.74, 6) is 0.701. The highest BCUT2D eigenvalue weighted by molar-refractivity contribution is 7.89. The van der Waals surface area contributed by atoms with Gasteiger partial charge in [-0.3, -0.25) is 0 Å². The second-order valence-corrected chi connectivity index (χ2v) is 10.1. The van der Waals surface area contributed by atoms with E-state index in [-0.39, 0.29) is 11.7 Å². The van der Waals surface area contributed by atoms with Gasteiger partial charge in [0.1, 0.15) is 6.07 Å². The van der Waals surface area contributed by atoms with Crippen molar-refractivity contribution in [1.82, 2.24) is 19.6 Å². The fourth-order valence-corrected chi connectivity index (χ4v) is 4.20. The molecule has 12 heteroatoms. The monoisotopic (exact) mass is 455 g/mol. The Morgan fingerprint density at radius 1 is 1.38 bits per heavy atom. The van der Waals surface area contributed by atoms with Crippen molar-refractivity contribution < 1.29 is 8.42 Å². The molecule has 4 N–H and O–H groups in total. The summed E-state index contributed by atoms with van der Waals surface area (Å²) in [5, 5.41) is 20.2. The molecule has 4 rings (SSSR count). The second kappa shape index (κ2) is 8.60. The van der Waals surface area contributed by atoms with Crippen molar-refractivity contribution in [1.29, 1.82) is 5.26 Å². The zero-order chi connectivity index (χ0) is 22.9. The first-order valence-electron chi connectivity index (χ1n) is 10.2. The number of anilines is 4. The summed E-state index contributed by atoms with van der Waals surface area (Å²) in [7, 11) is -1.39. The van der Waals surface area contributed by atoms with E-state index in [1.165, 1.54) is 17.0 Å². The fourth-order valence-electron chi connectivity index (χ4n) is 3.41. The van der Waals surface area contributed by atoms with E-state index >= 15 is 0 Å². The number of aromatic nitrogens is 4. The molecular weight excluding hydrogens is 430 g/mol. The number of fused-ring (bicyclic) bond motifs is 1. The van der Waals surface area contributed by atoms with Gasteiger partial charge in [-0.15, -0.1) is 5.10 Å². The Labute approximate surface area is 186 Å². The minimum absolute atomic E-state index is 0.110. The van der Waals surface area contributed by atoms with Gasteiger partial charge in [-0.25, -0.2) is 13.4 Å².